The van der Waals surface area contributed by atoms with E-state index >= 15 is 0 Å². The van der Waals surface area contributed by atoms with Crippen molar-refractivity contribution in [2.24, 2.45) is 5.92 Å². The summed E-state index contributed by atoms with van der Waals surface area (Å²) in [6.45, 7) is 3.26. The van der Waals surface area contributed by atoms with E-state index in [1.165, 1.54) is 0 Å². The maximum absolute atomic E-state index is 12.8. The third-order valence-corrected chi connectivity index (χ3v) is 5.97. The molecule has 1 fully saturated rings. The Morgan fingerprint density at radius 3 is 2.65 bits per heavy atom. The van der Waals surface area contributed by atoms with Crippen molar-refractivity contribution in [3.8, 4) is 0 Å². The van der Waals surface area contributed by atoms with Crippen LogP contribution < -0.4 is 10.0 Å². The zero-order valence-electron chi connectivity index (χ0n) is 12.5. The number of alkyl halides is 3. The third-order valence-electron chi connectivity index (χ3n) is 3.93. The Morgan fingerprint density at radius 2 is 2.09 bits per heavy atom. The van der Waals surface area contributed by atoms with Gasteiger partial charge in [0, 0.05) is 6.04 Å². The number of sulfonamides is 1. The Morgan fingerprint density at radius 1 is 1.39 bits per heavy atom. The molecule has 2 N–H and O–H groups in total. The van der Waals surface area contributed by atoms with Gasteiger partial charge in [-0.15, -0.1) is 0 Å². The van der Waals surface area contributed by atoms with Gasteiger partial charge in [0.2, 0.25) is 10.0 Å². The third kappa shape index (κ3) is 4.59. The molecule has 2 atom stereocenters. The first kappa shape index (κ1) is 18.5. The van der Waals surface area contributed by atoms with Crippen molar-refractivity contribution in [3.63, 3.8) is 0 Å². The number of halogens is 4. The van der Waals surface area contributed by atoms with Crippen molar-refractivity contribution in [2.75, 3.05) is 13.1 Å². The van der Waals surface area contributed by atoms with Crippen molar-refractivity contribution in [1.29, 1.82) is 0 Å². The van der Waals surface area contributed by atoms with E-state index in [1.54, 1.807) is 6.92 Å². The minimum atomic E-state index is -4.63. The van der Waals surface area contributed by atoms with Gasteiger partial charge in [0.05, 0.1) is 10.6 Å². The Bertz CT molecular complexity index is 658. The van der Waals surface area contributed by atoms with E-state index in [9.17, 15) is 21.6 Å². The smallest absolute Gasteiger partial charge is 0.316 e. The van der Waals surface area contributed by atoms with Gasteiger partial charge in [-0.1, -0.05) is 11.6 Å². The number of piperidine rings is 1. The molecule has 1 aliphatic heterocycles. The number of nitrogens with one attached hydrogen (secondary N) is 2. The topological polar surface area (TPSA) is 58.2 Å². The van der Waals surface area contributed by atoms with Crippen LogP contribution in [0.25, 0.3) is 0 Å². The maximum Gasteiger partial charge on any atom is 0.416 e. The molecule has 1 saturated heterocycles. The molecule has 9 heteroatoms. The van der Waals surface area contributed by atoms with Gasteiger partial charge in [0.15, 0.2) is 0 Å². The maximum atomic E-state index is 12.8. The highest BCUT2D eigenvalue weighted by atomic mass is 35.5. The van der Waals surface area contributed by atoms with Gasteiger partial charge in [0.25, 0.3) is 0 Å². The minimum absolute atomic E-state index is 0.0862. The van der Waals surface area contributed by atoms with Crippen molar-refractivity contribution in [3.05, 3.63) is 28.8 Å². The lowest BCUT2D eigenvalue weighted by Crippen LogP contribution is -2.44. The SMILES string of the molecule is CC(NS(=O)(=O)c1cc(C(F)(F)F)ccc1Cl)C1CCCNC1. The second kappa shape index (κ2) is 6.96. The molecule has 0 saturated carbocycles. The van der Waals surface area contributed by atoms with Crippen LogP contribution in [0.1, 0.15) is 25.3 Å². The summed E-state index contributed by atoms with van der Waals surface area (Å²) in [6, 6.07) is 1.87. The molecule has 2 rings (SSSR count). The number of hydrogen-bond donors (Lipinski definition) is 2. The normalized spacial score (nSPS) is 21.2. The second-order valence-corrected chi connectivity index (χ2v) is 7.75. The lowest BCUT2D eigenvalue weighted by molar-refractivity contribution is -0.137. The molecule has 0 spiro atoms. The van der Waals surface area contributed by atoms with Crippen LogP contribution >= 0.6 is 11.6 Å². The first-order valence-electron chi connectivity index (χ1n) is 7.21. The highest BCUT2D eigenvalue weighted by molar-refractivity contribution is 7.89. The predicted octanol–water partition coefficient (Wildman–Crippen LogP) is 3.03. The van der Waals surface area contributed by atoms with Gasteiger partial charge in [-0.25, -0.2) is 13.1 Å². The Balaban J connectivity index is 2.25. The molecular weight excluding hydrogens is 353 g/mol. The van der Waals surface area contributed by atoms with Crippen LogP contribution in [0.15, 0.2) is 23.1 Å². The van der Waals surface area contributed by atoms with Gasteiger partial charge < -0.3 is 5.32 Å². The summed E-state index contributed by atoms with van der Waals surface area (Å²) in [6.07, 6.45) is -2.85. The Labute approximate surface area is 138 Å². The van der Waals surface area contributed by atoms with Crippen LogP contribution in [0.5, 0.6) is 0 Å². The fraction of sp³-hybridized carbons (Fsp3) is 0.571. The van der Waals surface area contributed by atoms with Crippen LogP contribution in [-0.4, -0.2) is 27.5 Å². The first-order chi connectivity index (χ1) is 10.6. The van der Waals surface area contributed by atoms with Crippen molar-refractivity contribution in [2.45, 2.75) is 36.9 Å². The zero-order valence-corrected chi connectivity index (χ0v) is 14.0. The van der Waals surface area contributed by atoms with Crippen molar-refractivity contribution >= 4 is 21.6 Å². The molecule has 130 valence electrons. The Kier molecular flexibility index (Phi) is 5.60. The quantitative estimate of drug-likeness (QED) is 0.856. The molecule has 0 amide bonds. The van der Waals surface area contributed by atoms with Crippen LogP contribution in [0, 0.1) is 5.92 Å². The number of benzene rings is 1. The molecule has 1 aliphatic rings. The molecule has 1 heterocycles. The van der Waals surface area contributed by atoms with E-state index in [1.807, 2.05) is 0 Å². The van der Waals surface area contributed by atoms with Gasteiger partial charge in [-0.3, -0.25) is 0 Å². The van der Waals surface area contributed by atoms with Crippen LogP contribution in [0.2, 0.25) is 5.02 Å². The highest BCUT2D eigenvalue weighted by Crippen LogP contribution is 2.33. The molecule has 0 bridgehead atoms. The Hall–Kier alpha value is -0.830. The van der Waals surface area contributed by atoms with Gasteiger partial charge >= 0.3 is 6.18 Å². The van der Waals surface area contributed by atoms with Crippen LogP contribution in [0.4, 0.5) is 13.2 Å². The molecule has 0 radical (unpaired) electrons. The van der Waals surface area contributed by atoms with E-state index in [2.05, 4.69) is 10.0 Å². The molecule has 0 aromatic heterocycles. The summed E-state index contributed by atoms with van der Waals surface area (Å²) < 4.78 is 65.6. The van der Waals surface area contributed by atoms with Crippen molar-refractivity contribution in [1.82, 2.24) is 10.0 Å². The minimum Gasteiger partial charge on any atom is -0.316 e. The lowest BCUT2D eigenvalue weighted by Gasteiger charge is -2.28. The standard InChI is InChI=1S/C14H18ClF3N2O2S/c1-9(10-3-2-6-19-8-10)20-23(21,22)13-7-11(14(16,17)18)4-5-12(13)15/h4-5,7,9-10,19-20H,2-3,6,8H2,1H3. The number of rotatable bonds is 4. The molecule has 1 aromatic carbocycles. The summed E-state index contributed by atoms with van der Waals surface area (Å²) in [5, 5.41) is 2.94. The molecule has 1 aromatic rings. The summed E-state index contributed by atoms with van der Waals surface area (Å²) in [7, 11) is -4.13. The summed E-state index contributed by atoms with van der Waals surface area (Å²) >= 11 is 5.80. The second-order valence-electron chi connectivity index (χ2n) is 5.66. The molecule has 2 unspecified atom stereocenters. The molecular formula is C14H18ClF3N2O2S. The van der Waals surface area contributed by atoms with Crippen LogP contribution in [-0.2, 0) is 16.2 Å². The monoisotopic (exact) mass is 370 g/mol. The van der Waals surface area contributed by atoms with Gasteiger partial charge in [0.1, 0.15) is 4.90 Å². The average molecular weight is 371 g/mol. The number of hydrogen-bond acceptors (Lipinski definition) is 3. The van der Waals surface area contributed by atoms with E-state index in [-0.39, 0.29) is 10.9 Å². The fourth-order valence-electron chi connectivity index (χ4n) is 2.60. The molecule has 0 aliphatic carbocycles. The van der Waals surface area contributed by atoms with Crippen LogP contribution in [0.3, 0.4) is 0 Å². The van der Waals surface area contributed by atoms with E-state index < -0.39 is 32.7 Å². The average Bonchev–Trinajstić information content (AvgIpc) is 2.46. The van der Waals surface area contributed by atoms with E-state index in [0.29, 0.717) is 12.6 Å². The lowest BCUT2D eigenvalue weighted by atomic mass is 9.94. The highest BCUT2D eigenvalue weighted by Gasteiger charge is 2.33. The first-order valence-corrected chi connectivity index (χ1v) is 9.07. The van der Waals surface area contributed by atoms with Gasteiger partial charge in [-0.2, -0.15) is 13.2 Å². The zero-order chi connectivity index (χ0) is 17.3. The summed E-state index contributed by atoms with van der Waals surface area (Å²) in [4.78, 5) is -0.551. The fourth-order valence-corrected chi connectivity index (χ4v) is 4.43. The van der Waals surface area contributed by atoms with E-state index in [0.717, 1.165) is 31.5 Å². The summed E-state index contributed by atoms with van der Waals surface area (Å²) in [5.74, 6) is 0.0862. The summed E-state index contributed by atoms with van der Waals surface area (Å²) in [5.41, 5.74) is -1.05. The van der Waals surface area contributed by atoms with Gasteiger partial charge in [-0.05, 0) is 57.0 Å². The largest absolute Gasteiger partial charge is 0.416 e. The molecule has 4 nitrogen and oxygen atoms in total. The van der Waals surface area contributed by atoms with E-state index in [4.69, 9.17) is 11.6 Å². The molecule has 23 heavy (non-hydrogen) atoms. The van der Waals surface area contributed by atoms with Crippen molar-refractivity contribution < 1.29 is 21.6 Å². The predicted molar refractivity (Wildman–Crippen MR) is 81.8 cm³/mol.